The molecule has 0 aliphatic carbocycles. The van der Waals surface area contributed by atoms with E-state index in [-0.39, 0.29) is 5.41 Å². The molecule has 12 heavy (non-hydrogen) atoms. The van der Waals surface area contributed by atoms with Crippen LogP contribution in [0.25, 0.3) is 0 Å². The highest BCUT2D eigenvalue weighted by Gasteiger charge is 2.30. The van der Waals surface area contributed by atoms with Gasteiger partial charge in [-0.1, -0.05) is 6.08 Å². The lowest BCUT2D eigenvalue weighted by Gasteiger charge is -2.35. The lowest BCUT2D eigenvalue weighted by molar-refractivity contribution is 0.000622. The van der Waals surface area contributed by atoms with E-state index < -0.39 is 0 Å². The maximum Gasteiger partial charge on any atom is 0.0533 e. The molecule has 1 saturated heterocycles. The third kappa shape index (κ3) is 2.49. The van der Waals surface area contributed by atoms with E-state index in [4.69, 9.17) is 16.3 Å². The maximum absolute atomic E-state index is 5.96. The molecule has 0 aromatic carbocycles. The number of halogens is 1. The quantitative estimate of drug-likeness (QED) is 0.487. The van der Waals surface area contributed by atoms with Gasteiger partial charge in [-0.2, -0.15) is 0 Å². The van der Waals surface area contributed by atoms with E-state index in [2.05, 4.69) is 6.58 Å². The molecule has 1 unspecified atom stereocenters. The van der Waals surface area contributed by atoms with Gasteiger partial charge in [-0.25, -0.2) is 0 Å². The lowest BCUT2D eigenvalue weighted by Crippen LogP contribution is -2.33. The van der Waals surface area contributed by atoms with Crippen LogP contribution in [0.2, 0.25) is 0 Å². The summed E-state index contributed by atoms with van der Waals surface area (Å²) in [6.45, 7) is 5.47. The molecule has 1 atom stereocenters. The van der Waals surface area contributed by atoms with Gasteiger partial charge in [0.2, 0.25) is 0 Å². The van der Waals surface area contributed by atoms with Crippen molar-refractivity contribution in [2.45, 2.75) is 25.7 Å². The van der Waals surface area contributed by atoms with Crippen LogP contribution in [0, 0.1) is 5.41 Å². The Morgan fingerprint density at radius 2 is 2.42 bits per heavy atom. The highest BCUT2D eigenvalue weighted by molar-refractivity contribution is 6.18. The first-order valence-electron chi connectivity index (χ1n) is 4.58. The summed E-state index contributed by atoms with van der Waals surface area (Å²) < 4.78 is 5.45. The minimum atomic E-state index is 0.244. The molecule has 0 aromatic heterocycles. The summed E-state index contributed by atoms with van der Waals surface area (Å²) in [4.78, 5) is 0. The van der Waals surface area contributed by atoms with Crippen molar-refractivity contribution in [3.05, 3.63) is 12.7 Å². The topological polar surface area (TPSA) is 9.23 Å². The molecule has 1 rings (SSSR count). The van der Waals surface area contributed by atoms with Crippen LogP contribution in [0.4, 0.5) is 0 Å². The van der Waals surface area contributed by atoms with E-state index in [1.54, 1.807) is 0 Å². The van der Waals surface area contributed by atoms with Crippen molar-refractivity contribution in [3.63, 3.8) is 0 Å². The van der Waals surface area contributed by atoms with Gasteiger partial charge in [-0.15, -0.1) is 18.2 Å². The zero-order chi connectivity index (χ0) is 8.86. The van der Waals surface area contributed by atoms with E-state index in [0.717, 1.165) is 38.4 Å². The van der Waals surface area contributed by atoms with Crippen molar-refractivity contribution in [1.82, 2.24) is 0 Å². The summed E-state index contributed by atoms with van der Waals surface area (Å²) >= 11 is 5.96. The first-order valence-corrected chi connectivity index (χ1v) is 5.11. The van der Waals surface area contributed by atoms with Crippen LogP contribution in [-0.4, -0.2) is 19.1 Å². The molecule has 0 spiro atoms. The fraction of sp³-hybridized carbons (Fsp3) is 0.800. The number of hydrogen-bond acceptors (Lipinski definition) is 1. The van der Waals surface area contributed by atoms with Gasteiger partial charge < -0.3 is 4.74 Å². The Bertz CT molecular complexity index is 139. The molecule has 1 heterocycles. The fourth-order valence-corrected chi connectivity index (χ4v) is 2.03. The average molecular weight is 189 g/mol. The zero-order valence-electron chi connectivity index (χ0n) is 7.52. The van der Waals surface area contributed by atoms with Crippen LogP contribution >= 0.6 is 11.6 Å². The van der Waals surface area contributed by atoms with Crippen molar-refractivity contribution in [2.75, 3.05) is 19.1 Å². The maximum atomic E-state index is 5.96. The first kappa shape index (κ1) is 10.1. The fourth-order valence-electron chi connectivity index (χ4n) is 1.69. The Hall–Kier alpha value is -0.0100. The van der Waals surface area contributed by atoms with Crippen LogP contribution in [-0.2, 0) is 4.74 Å². The van der Waals surface area contributed by atoms with Crippen molar-refractivity contribution >= 4 is 11.6 Å². The largest absolute Gasteiger partial charge is 0.381 e. The van der Waals surface area contributed by atoms with Crippen molar-refractivity contribution in [2.24, 2.45) is 5.41 Å². The van der Waals surface area contributed by atoms with E-state index in [9.17, 15) is 0 Å². The number of allylic oxidation sites excluding steroid dienone is 1. The standard InChI is InChI=1S/C10H17ClO/c1-2-3-5-10(8-11)6-4-7-12-9-10/h2H,1,3-9H2. The monoisotopic (exact) mass is 188 g/mol. The summed E-state index contributed by atoms with van der Waals surface area (Å²) in [6, 6.07) is 0. The van der Waals surface area contributed by atoms with E-state index in [1.807, 2.05) is 6.08 Å². The van der Waals surface area contributed by atoms with Crippen LogP contribution < -0.4 is 0 Å². The van der Waals surface area contributed by atoms with Gasteiger partial charge in [0, 0.05) is 17.9 Å². The highest BCUT2D eigenvalue weighted by atomic mass is 35.5. The van der Waals surface area contributed by atoms with E-state index in [0.29, 0.717) is 0 Å². The van der Waals surface area contributed by atoms with Gasteiger partial charge >= 0.3 is 0 Å². The zero-order valence-corrected chi connectivity index (χ0v) is 8.28. The lowest BCUT2D eigenvalue weighted by atomic mass is 9.80. The van der Waals surface area contributed by atoms with Crippen LogP contribution in [0.15, 0.2) is 12.7 Å². The molecular weight excluding hydrogens is 172 g/mol. The molecule has 2 heteroatoms. The number of alkyl halides is 1. The van der Waals surface area contributed by atoms with Crippen LogP contribution in [0.3, 0.4) is 0 Å². The molecule has 1 aliphatic heterocycles. The van der Waals surface area contributed by atoms with Crippen LogP contribution in [0.1, 0.15) is 25.7 Å². The molecule has 0 saturated carbocycles. The van der Waals surface area contributed by atoms with Crippen molar-refractivity contribution < 1.29 is 4.74 Å². The summed E-state index contributed by atoms with van der Waals surface area (Å²) in [5.74, 6) is 0.723. The van der Waals surface area contributed by atoms with Gasteiger partial charge in [-0.05, 0) is 25.7 Å². The Labute approximate surface area is 79.7 Å². The number of rotatable bonds is 4. The Kier molecular flexibility index (Phi) is 4.10. The minimum Gasteiger partial charge on any atom is -0.381 e. The predicted octanol–water partition coefficient (Wildman–Crippen LogP) is 2.99. The molecule has 0 bridgehead atoms. The molecule has 1 fully saturated rings. The average Bonchev–Trinajstić information content (AvgIpc) is 2.16. The second-order valence-corrected chi connectivity index (χ2v) is 3.88. The normalized spacial score (nSPS) is 30.1. The third-order valence-corrected chi connectivity index (χ3v) is 3.13. The van der Waals surface area contributed by atoms with E-state index in [1.165, 1.54) is 6.42 Å². The number of ether oxygens (including phenoxy) is 1. The molecule has 1 aliphatic rings. The molecule has 70 valence electrons. The first-order chi connectivity index (χ1) is 5.83. The smallest absolute Gasteiger partial charge is 0.0533 e. The summed E-state index contributed by atoms with van der Waals surface area (Å²) in [6.07, 6.45) is 6.51. The van der Waals surface area contributed by atoms with Crippen molar-refractivity contribution in [3.8, 4) is 0 Å². The third-order valence-electron chi connectivity index (χ3n) is 2.57. The summed E-state index contributed by atoms with van der Waals surface area (Å²) in [5.41, 5.74) is 0.244. The second kappa shape index (κ2) is 4.88. The molecule has 0 N–H and O–H groups in total. The Morgan fingerprint density at radius 1 is 1.58 bits per heavy atom. The van der Waals surface area contributed by atoms with Gasteiger partial charge in [-0.3, -0.25) is 0 Å². The van der Waals surface area contributed by atoms with E-state index >= 15 is 0 Å². The molecular formula is C10H17ClO. The number of hydrogen-bond donors (Lipinski definition) is 0. The predicted molar refractivity (Wildman–Crippen MR) is 52.6 cm³/mol. The summed E-state index contributed by atoms with van der Waals surface area (Å²) in [7, 11) is 0. The van der Waals surface area contributed by atoms with Gasteiger partial charge in [0.05, 0.1) is 6.61 Å². The van der Waals surface area contributed by atoms with Gasteiger partial charge in [0.15, 0.2) is 0 Å². The SMILES string of the molecule is C=CCCC1(CCl)CCCOC1. The molecule has 0 aromatic rings. The Morgan fingerprint density at radius 3 is 2.92 bits per heavy atom. The Balaban J connectivity index is 2.41. The molecule has 0 amide bonds. The second-order valence-electron chi connectivity index (χ2n) is 3.62. The van der Waals surface area contributed by atoms with Gasteiger partial charge in [0.25, 0.3) is 0 Å². The molecule has 1 nitrogen and oxygen atoms in total. The van der Waals surface area contributed by atoms with Crippen molar-refractivity contribution in [1.29, 1.82) is 0 Å². The molecule has 0 radical (unpaired) electrons. The van der Waals surface area contributed by atoms with Gasteiger partial charge in [0.1, 0.15) is 0 Å². The highest BCUT2D eigenvalue weighted by Crippen LogP contribution is 2.34. The van der Waals surface area contributed by atoms with Crippen LogP contribution in [0.5, 0.6) is 0 Å². The minimum absolute atomic E-state index is 0.244. The summed E-state index contributed by atoms with van der Waals surface area (Å²) in [5, 5.41) is 0.